The van der Waals surface area contributed by atoms with E-state index in [1.807, 2.05) is 6.07 Å². The lowest BCUT2D eigenvalue weighted by atomic mass is 10.3. The number of rotatable bonds is 4. The molecular formula is C8H11ClN2O2S. The summed E-state index contributed by atoms with van der Waals surface area (Å²) in [5, 5.41) is 11.6. The van der Waals surface area contributed by atoms with Gasteiger partial charge in [-0.25, -0.2) is 0 Å². The molecule has 0 aliphatic carbocycles. The third-order valence-corrected chi connectivity index (χ3v) is 2.82. The van der Waals surface area contributed by atoms with Crippen LogP contribution in [0.4, 0.5) is 0 Å². The van der Waals surface area contributed by atoms with Crippen molar-refractivity contribution in [1.29, 1.82) is 0 Å². The second-order valence-corrected chi connectivity index (χ2v) is 4.47. The van der Waals surface area contributed by atoms with E-state index >= 15 is 0 Å². The van der Waals surface area contributed by atoms with Gasteiger partial charge in [0.05, 0.1) is 10.9 Å². The number of thiophene rings is 1. The normalized spacial score (nSPS) is 12.5. The van der Waals surface area contributed by atoms with Gasteiger partial charge in [-0.15, -0.1) is 11.3 Å². The molecule has 4 N–H and O–H groups in total. The smallest absolute Gasteiger partial charge is 0.250 e. The summed E-state index contributed by atoms with van der Waals surface area (Å²) < 4.78 is 0.675. The minimum absolute atomic E-state index is 0.0724. The van der Waals surface area contributed by atoms with Crippen molar-refractivity contribution in [2.45, 2.75) is 12.6 Å². The Balaban J connectivity index is 2.37. The summed E-state index contributed by atoms with van der Waals surface area (Å²) in [5.41, 5.74) is 5.12. The van der Waals surface area contributed by atoms with Crippen LogP contribution in [0.5, 0.6) is 0 Å². The number of carbonyl (C=O) groups is 1. The van der Waals surface area contributed by atoms with Crippen LogP contribution in [0.15, 0.2) is 12.1 Å². The summed E-state index contributed by atoms with van der Waals surface area (Å²) in [7, 11) is 0. The van der Waals surface area contributed by atoms with Gasteiger partial charge in [0.2, 0.25) is 5.91 Å². The van der Waals surface area contributed by atoms with Crippen LogP contribution in [-0.2, 0) is 11.3 Å². The summed E-state index contributed by atoms with van der Waals surface area (Å²) in [6.07, 6.45) is -1.13. The average Bonchev–Trinajstić information content (AvgIpc) is 2.59. The molecule has 0 saturated heterocycles. The Morgan fingerprint density at radius 1 is 1.71 bits per heavy atom. The van der Waals surface area contributed by atoms with E-state index in [0.29, 0.717) is 10.9 Å². The van der Waals surface area contributed by atoms with Crippen molar-refractivity contribution in [2.24, 2.45) is 5.73 Å². The van der Waals surface area contributed by atoms with Crippen molar-refractivity contribution in [3.63, 3.8) is 0 Å². The number of carbonyl (C=O) groups excluding carboxylic acids is 1. The fourth-order valence-corrected chi connectivity index (χ4v) is 1.87. The third-order valence-electron chi connectivity index (χ3n) is 1.59. The van der Waals surface area contributed by atoms with E-state index in [1.54, 1.807) is 6.07 Å². The topological polar surface area (TPSA) is 75.3 Å². The first kappa shape index (κ1) is 11.5. The van der Waals surface area contributed by atoms with Gasteiger partial charge in [-0.3, -0.25) is 4.79 Å². The minimum atomic E-state index is -1.13. The van der Waals surface area contributed by atoms with Crippen LogP contribution < -0.4 is 11.1 Å². The molecule has 0 aliphatic heterocycles. The van der Waals surface area contributed by atoms with E-state index in [0.717, 1.165) is 4.88 Å². The van der Waals surface area contributed by atoms with E-state index in [1.165, 1.54) is 11.3 Å². The second kappa shape index (κ2) is 5.31. The minimum Gasteiger partial charge on any atom is -0.382 e. The number of amides is 1. The van der Waals surface area contributed by atoms with Crippen molar-refractivity contribution in [3.8, 4) is 0 Å². The summed E-state index contributed by atoms with van der Waals surface area (Å²) in [6.45, 7) is 0.296. The van der Waals surface area contributed by atoms with Gasteiger partial charge in [0, 0.05) is 11.4 Å². The predicted octanol–water partition coefficient (Wildman–Crippen LogP) is 0.337. The highest BCUT2D eigenvalue weighted by atomic mass is 35.5. The standard InChI is InChI=1S/C8H11ClN2O2S/c9-7-2-1-5(14-7)4-11-8(13)6(12)3-10/h1-2,6,12H,3-4,10H2,(H,11,13). The molecule has 0 aromatic carbocycles. The van der Waals surface area contributed by atoms with Crippen LogP contribution in [-0.4, -0.2) is 23.7 Å². The van der Waals surface area contributed by atoms with Crippen LogP contribution in [0.2, 0.25) is 4.34 Å². The van der Waals surface area contributed by atoms with Crippen LogP contribution in [0.1, 0.15) is 4.88 Å². The van der Waals surface area contributed by atoms with Gasteiger partial charge in [0.1, 0.15) is 6.10 Å². The van der Waals surface area contributed by atoms with Gasteiger partial charge in [-0.1, -0.05) is 11.6 Å². The summed E-state index contributed by atoms with van der Waals surface area (Å²) in [5.74, 6) is -0.461. The van der Waals surface area contributed by atoms with E-state index < -0.39 is 12.0 Å². The summed E-state index contributed by atoms with van der Waals surface area (Å²) >= 11 is 7.09. The quantitative estimate of drug-likeness (QED) is 0.703. The highest BCUT2D eigenvalue weighted by Crippen LogP contribution is 2.20. The van der Waals surface area contributed by atoms with Gasteiger partial charge < -0.3 is 16.2 Å². The zero-order valence-electron chi connectivity index (χ0n) is 7.37. The van der Waals surface area contributed by atoms with Gasteiger partial charge in [-0.05, 0) is 12.1 Å². The molecular weight excluding hydrogens is 224 g/mol. The lowest BCUT2D eigenvalue weighted by Gasteiger charge is -2.07. The number of nitrogens with two attached hydrogens (primary N) is 1. The Labute approximate surface area is 90.7 Å². The molecule has 78 valence electrons. The second-order valence-electron chi connectivity index (χ2n) is 2.68. The lowest BCUT2D eigenvalue weighted by molar-refractivity contribution is -0.128. The number of hydrogen-bond acceptors (Lipinski definition) is 4. The number of nitrogens with one attached hydrogen (secondary N) is 1. The Bertz CT molecular complexity index is 316. The molecule has 0 radical (unpaired) electrons. The van der Waals surface area contributed by atoms with Gasteiger partial charge in [0.25, 0.3) is 0 Å². The summed E-state index contributed by atoms with van der Waals surface area (Å²) in [4.78, 5) is 12.0. The Morgan fingerprint density at radius 2 is 2.43 bits per heavy atom. The summed E-state index contributed by atoms with van der Waals surface area (Å²) in [6, 6.07) is 3.58. The Kier molecular flexibility index (Phi) is 4.34. The molecule has 1 aromatic heterocycles. The van der Waals surface area contributed by atoms with Crippen molar-refractivity contribution in [1.82, 2.24) is 5.32 Å². The molecule has 1 amide bonds. The average molecular weight is 235 g/mol. The Morgan fingerprint density at radius 3 is 2.93 bits per heavy atom. The zero-order valence-corrected chi connectivity index (χ0v) is 8.94. The maximum atomic E-state index is 11.1. The largest absolute Gasteiger partial charge is 0.382 e. The molecule has 1 aromatic rings. The molecule has 4 nitrogen and oxygen atoms in total. The number of aliphatic hydroxyl groups is 1. The van der Waals surface area contributed by atoms with E-state index in [2.05, 4.69) is 5.32 Å². The van der Waals surface area contributed by atoms with Gasteiger partial charge in [-0.2, -0.15) is 0 Å². The van der Waals surface area contributed by atoms with Crippen molar-refractivity contribution in [2.75, 3.05) is 6.54 Å². The molecule has 6 heteroatoms. The number of halogens is 1. The zero-order chi connectivity index (χ0) is 10.6. The molecule has 0 spiro atoms. The van der Waals surface area contributed by atoms with Gasteiger partial charge in [0.15, 0.2) is 0 Å². The highest BCUT2D eigenvalue weighted by molar-refractivity contribution is 7.16. The maximum absolute atomic E-state index is 11.1. The Hall–Kier alpha value is -0.620. The third kappa shape index (κ3) is 3.26. The molecule has 0 saturated carbocycles. The highest BCUT2D eigenvalue weighted by Gasteiger charge is 2.11. The SMILES string of the molecule is NCC(O)C(=O)NCc1ccc(Cl)s1. The van der Waals surface area contributed by atoms with Crippen LogP contribution in [0.3, 0.4) is 0 Å². The van der Waals surface area contributed by atoms with Crippen LogP contribution in [0, 0.1) is 0 Å². The lowest BCUT2D eigenvalue weighted by Crippen LogP contribution is -2.38. The monoisotopic (exact) mass is 234 g/mol. The molecule has 1 unspecified atom stereocenters. The fraction of sp³-hybridized carbons (Fsp3) is 0.375. The van der Waals surface area contributed by atoms with Gasteiger partial charge >= 0.3 is 0 Å². The predicted molar refractivity (Wildman–Crippen MR) is 56.2 cm³/mol. The first-order valence-corrected chi connectivity index (χ1v) is 5.23. The number of hydrogen-bond donors (Lipinski definition) is 3. The molecule has 1 heterocycles. The van der Waals surface area contributed by atoms with E-state index in [-0.39, 0.29) is 6.54 Å². The molecule has 1 rings (SSSR count). The number of aliphatic hydroxyl groups excluding tert-OH is 1. The molecule has 0 bridgehead atoms. The first-order chi connectivity index (χ1) is 6.63. The molecule has 0 fully saturated rings. The fourth-order valence-electron chi connectivity index (χ4n) is 0.846. The van der Waals surface area contributed by atoms with Crippen molar-refractivity contribution >= 4 is 28.8 Å². The van der Waals surface area contributed by atoms with E-state index in [9.17, 15) is 4.79 Å². The molecule has 14 heavy (non-hydrogen) atoms. The van der Waals surface area contributed by atoms with Crippen LogP contribution >= 0.6 is 22.9 Å². The van der Waals surface area contributed by atoms with Crippen molar-refractivity contribution < 1.29 is 9.90 Å². The maximum Gasteiger partial charge on any atom is 0.250 e. The van der Waals surface area contributed by atoms with Crippen LogP contribution in [0.25, 0.3) is 0 Å². The van der Waals surface area contributed by atoms with Crippen molar-refractivity contribution in [3.05, 3.63) is 21.3 Å². The van der Waals surface area contributed by atoms with E-state index in [4.69, 9.17) is 22.4 Å². The molecule has 0 aliphatic rings. The first-order valence-electron chi connectivity index (χ1n) is 4.03. The molecule has 1 atom stereocenters.